The van der Waals surface area contributed by atoms with Crippen molar-refractivity contribution in [1.29, 1.82) is 0 Å². The molecule has 0 aliphatic rings. The minimum absolute atomic E-state index is 0.0000831. The van der Waals surface area contributed by atoms with Gasteiger partial charge in [-0.15, -0.1) is 13.2 Å². The van der Waals surface area contributed by atoms with E-state index in [2.05, 4.69) is 4.74 Å². The highest BCUT2D eigenvalue weighted by Gasteiger charge is 2.30. The van der Waals surface area contributed by atoms with Gasteiger partial charge in [-0.05, 0) is 48.9 Å². The Bertz CT molecular complexity index is 591. The van der Waals surface area contributed by atoms with Gasteiger partial charge in [-0.25, -0.2) is 4.39 Å². The van der Waals surface area contributed by atoms with Crippen LogP contribution in [0.1, 0.15) is 5.56 Å². The Balaban J connectivity index is 2.11. The van der Waals surface area contributed by atoms with E-state index in [9.17, 15) is 17.6 Å². The summed E-state index contributed by atoms with van der Waals surface area (Å²) in [5, 5.41) is 0. The van der Waals surface area contributed by atoms with Gasteiger partial charge in [-0.2, -0.15) is 0 Å². The van der Waals surface area contributed by atoms with E-state index in [0.29, 0.717) is 0 Å². The maximum absolute atomic E-state index is 13.5. The third kappa shape index (κ3) is 3.88. The van der Waals surface area contributed by atoms with Gasteiger partial charge in [0.2, 0.25) is 0 Å². The summed E-state index contributed by atoms with van der Waals surface area (Å²) in [5.74, 6) is -0.697. The minimum Gasteiger partial charge on any atom is -0.454 e. The first-order valence-electron chi connectivity index (χ1n) is 5.63. The van der Waals surface area contributed by atoms with Gasteiger partial charge >= 0.3 is 6.36 Å². The molecule has 0 spiro atoms. The second kappa shape index (κ2) is 5.40. The molecule has 0 amide bonds. The van der Waals surface area contributed by atoms with E-state index >= 15 is 0 Å². The summed E-state index contributed by atoms with van der Waals surface area (Å²) in [6, 6.07) is 9.13. The number of rotatable bonds is 3. The monoisotopic (exact) mass is 286 g/mol. The zero-order chi connectivity index (χ0) is 14.8. The summed E-state index contributed by atoms with van der Waals surface area (Å²) in [5.41, 5.74) is 0.740. The standard InChI is InChI=1S/C14H10F4O2/c1-9-2-7-13(12(15)8-9)19-10-3-5-11(6-4-10)20-14(16,17)18/h2-8H,1H3. The second-order valence-electron chi connectivity index (χ2n) is 4.06. The topological polar surface area (TPSA) is 18.5 Å². The van der Waals surface area contributed by atoms with Crippen LogP contribution >= 0.6 is 0 Å². The Morgan fingerprint density at radius 3 is 2.05 bits per heavy atom. The molecule has 0 aliphatic carbocycles. The molecule has 6 heteroatoms. The second-order valence-corrected chi connectivity index (χ2v) is 4.06. The molecule has 2 aromatic carbocycles. The van der Waals surface area contributed by atoms with Crippen molar-refractivity contribution >= 4 is 0 Å². The number of halogens is 4. The molecule has 2 nitrogen and oxygen atoms in total. The number of hydrogen-bond acceptors (Lipinski definition) is 2. The highest BCUT2D eigenvalue weighted by Crippen LogP contribution is 2.28. The molecule has 0 aromatic heterocycles. The SMILES string of the molecule is Cc1ccc(Oc2ccc(OC(F)(F)F)cc2)c(F)c1. The molecule has 20 heavy (non-hydrogen) atoms. The molecule has 0 fully saturated rings. The lowest BCUT2D eigenvalue weighted by molar-refractivity contribution is -0.274. The van der Waals surface area contributed by atoms with Gasteiger partial charge in [-0.1, -0.05) is 6.07 Å². The minimum atomic E-state index is -4.74. The first-order chi connectivity index (χ1) is 9.33. The Hall–Kier alpha value is -2.24. The van der Waals surface area contributed by atoms with Gasteiger partial charge in [-0.3, -0.25) is 0 Å². The first-order valence-corrected chi connectivity index (χ1v) is 5.63. The fraction of sp³-hybridized carbons (Fsp3) is 0.143. The Morgan fingerprint density at radius 1 is 0.900 bits per heavy atom. The predicted molar refractivity (Wildman–Crippen MR) is 64.3 cm³/mol. The van der Waals surface area contributed by atoms with Crippen molar-refractivity contribution in [2.24, 2.45) is 0 Å². The molecule has 2 aromatic rings. The molecule has 0 aliphatic heterocycles. The van der Waals surface area contributed by atoms with Gasteiger partial charge in [0.05, 0.1) is 0 Å². The average Bonchev–Trinajstić information content (AvgIpc) is 2.33. The molecule has 2 rings (SSSR count). The quantitative estimate of drug-likeness (QED) is 0.753. The lowest BCUT2D eigenvalue weighted by atomic mass is 10.2. The molecule has 0 radical (unpaired) electrons. The predicted octanol–water partition coefficient (Wildman–Crippen LogP) is 4.83. The van der Waals surface area contributed by atoms with E-state index in [1.54, 1.807) is 13.0 Å². The van der Waals surface area contributed by atoms with Crippen LogP contribution in [0.2, 0.25) is 0 Å². The van der Waals surface area contributed by atoms with Crippen molar-refractivity contribution in [1.82, 2.24) is 0 Å². The summed E-state index contributed by atoms with van der Waals surface area (Å²) in [4.78, 5) is 0. The van der Waals surface area contributed by atoms with Gasteiger partial charge in [0.15, 0.2) is 11.6 Å². The fourth-order valence-corrected chi connectivity index (χ4v) is 1.52. The molecular weight excluding hydrogens is 276 g/mol. The number of ether oxygens (including phenoxy) is 2. The first kappa shape index (κ1) is 14.2. The lowest BCUT2D eigenvalue weighted by Gasteiger charge is -2.10. The maximum atomic E-state index is 13.5. The third-order valence-electron chi connectivity index (χ3n) is 2.37. The lowest BCUT2D eigenvalue weighted by Crippen LogP contribution is -2.16. The Kier molecular flexibility index (Phi) is 3.83. The van der Waals surface area contributed by atoms with Crippen LogP contribution in [-0.2, 0) is 0 Å². The molecule has 106 valence electrons. The van der Waals surface area contributed by atoms with E-state index in [4.69, 9.17) is 4.74 Å². The maximum Gasteiger partial charge on any atom is 0.573 e. The van der Waals surface area contributed by atoms with Crippen LogP contribution in [0.25, 0.3) is 0 Å². The molecule has 0 unspecified atom stereocenters. The smallest absolute Gasteiger partial charge is 0.454 e. The van der Waals surface area contributed by atoms with Gasteiger partial charge in [0.1, 0.15) is 11.5 Å². The Labute approximate surface area is 112 Å². The van der Waals surface area contributed by atoms with E-state index in [-0.39, 0.29) is 17.2 Å². The zero-order valence-electron chi connectivity index (χ0n) is 10.4. The largest absolute Gasteiger partial charge is 0.573 e. The van der Waals surface area contributed by atoms with Crippen molar-refractivity contribution in [3.8, 4) is 17.2 Å². The van der Waals surface area contributed by atoms with Gasteiger partial charge in [0, 0.05) is 0 Å². The molecule has 0 atom stereocenters. The normalized spacial score (nSPS) is 11.2. The summed E-state index contributed by atoms with van der Waals surface area (Å²) in [7, 11) is 0. The number of aryl methyl sites for hydroxylation is 1. The van der Waals surface area contributed by atoms with Crippen LogP contribution in [0.4, 0.5) is 17.6 Å². The van der Waals surface area contributed by atoms with Crippen LogP contribution < -0.4 is 9.47 Å². The van der Waals surface area contributed by atoms with Crippen LogP contribution in [0.3, 0.4) is 0 Å². The average molecular weight is 286 g/mol. The van der Waals surface area contributed by atoms with E-state index in [1.165, 1.54) is 24.3 Å². The van der Waals surface area contributed by atoms with Crippen molar-refractivity contribution in [3.63, 3.8) is 0 Å². The number of alkyl halides is 3. The highest BCUT2D eigenvalue weighted by molar-refractivity contribution is 5.37. The van der Waals surface area contributed by atoms with Crippen molar-refractivity contribution < 1.29 is 27.0 Å². The molecule has 0 bridgehead atoms. The van der Waals surface area contributed by atoms with Crippen LogP contribution in [0.5, 0.6) is 17.2 Å². The van der Waals surface area contributed by atoms with Gasteiger partial charge < -0.3 is 9.47 Å². The number of benzene rings is 2. The van der Waals surface area contributed by atoms with Crippen molar-refractivity contribution in [3.05, 3.63) is 53.8 Å². The van der Waals surface area contributed by atoms with E-state index in [0.717, 1.165) is 17.7 Å². The molecule has 0 saturated carbocycles. The molecule has 0 N–H and O–H groups in total. The molecule has 0 heterocycles. The summed E-state index contributed by atoms with van der Waals surface area (Å²) in [6.07, 6.45) is -4.74. The van der Waals surface area contributed by atoms with Crippen LogP contribution in [0, 0.1) is 12.7 Å². The summed E-state index contributed by atoms with van der Waals surface area (Å²) in [6.45, 7) is 1.73. The Morgan fingerprint density at radius 2 is 1.50 bits per heavy atom. The third-order valence-corrected chi connectivity index (χ3v) is 2.37. The fourth-order valence-electron chi connectivity index (χ4n) is 1.52. The van der Waals surface area contributed by atoms with Crippen LogP contribution in [-0.4, -0.2) is 6.36 Å². The number of hydrogen-bond donors (Lipinski definition) is 0. The highest BCUT2D eigenvalue weighted by atomic mass is 19.4. The summed E-state index contributed by atoms with van der Waals surface area (Å²) < 4.78 is 58.4. The van der Waals surface area contributed by atoms with Crippen molar-refractivity contribution in [2.45, 2.75) is 13.3 Å². The molecule has 0 saturated heterocycles. The summed E-state index contributed by atoms with van der Waals surface area (Å²) >= 11 is 0. The van der Waals surface area contributed by atoms with Gasteiger partial charge in [0.25, 0.3) is 0 Å². The molecular formula is C14H10F4O2. The van der Waals surface area contributed by atoms with E-state index < -0.39 is 12.2 Å². The van der Waals surface area contributed by atoms with Crippen molar-refractivity contribution in [2.75, 3.05) is 0 Å². The van der Waals surface area contributed by atoms with E-state index in [1.807, 2.05) is 0 Å². The zero-order valence-corrected chi connectivity index (χ0v) is 10.4. The van der Waals surface area contributed by atoms with Crippen LogP contribution in [0.15, 0.2) is 42.5 Å².